The maximum atomic E-state index is 12.2. The van der Waals surface area contributed by atoms with Crippen molar-refractivity contribution in [2.75, 3.05) is 52.7 Å². The lowest BCUT2D eigenvalue weighted by atomic mass is 10.0. The molecule has 0 saturated carbocycles. The Morgan fingerprint density at radius 3 is 2.63 bits per heavy atom. The van der Waals surface area contributed by atoms with Crippen LogP contribution in [0.25, 0.3) is 0 Å². The van der Waals surface area contributed by atoms with Crippen LogP contribution in [0.4, 0.5) is 10.5 Å². The van der Waals surface area contributed by atoms with Crippen LogP contribution in [0, 0.1) is 0 Å². The predicted octanol–water partition coefficient (Wildman–Crippen LogP) is 0.444. The number of carbonyl (C=O) groups is 1. The first-order valence-electron chi connectivity index (χ1n) is 8.91. The van der Waals surface area contributed by atoms with Gasteiger partial charge in [0.05, 0.1) is 18.8 Å². The number of nitrogens with zero attached hydrogens (tertiary/aromatic N) is 2. The Bertz CT molecular complexity index is 619. The molecular formula is C18H29ClN4O4. The van der Waals surface area contributed by atoms with Crippen molar-refractivity contribution in [1.82, 2.24) is 15.1 Å². The summed E-state index contributed by atoms with van der Waals surface area (Å²) >= 11 is 5.91. The molecule has 152 valence electrons. The molecule has 1 aliphatic rings. The third-order valence-electron chi connectivity index (χ3n) is 4.60. The van der Waals surface area contributed by atoms with Crippen LogP contribution in [-0.2, 0) is 4.74 Å². The van der Waals surface area contributed by atoms with Gasteiger partial charge in [0, 0.05) is 30.3 Å². The Balaban J connectivity index is 1.93. The zero-order chi connectivity index (χ0) is 20.0. The van der Waals surface area contributed by atoms with E-state index in [4.69, 9.17) is 16.3 Å². The Morgan fingerprint density at radius 1 is 1.26 bits per heavy atom. The number of benzene rings is 1. The molecule has 4 atom stereocenters. The highest BCUT2D eigenvalue weighted by molar-refractivity contribution is 6.30. The van der Waals surface area contributed by atoms with Crippen LogP contribution in [0.15, 0.2) is 24.3 Å². The number of likely N-dealkylation sites (N-methyl/N-ethyl adjacent to an activating group) is 2. The largest absolute Gasteiger partial charge is 0.394 e. The monoisotopic (exact) mass is 400 g/mol. The molecule has 0 bridgehead atoms. The number of hydrogen-bond donors (Lipinski definition) is 4. The highest BCUT2D eigenvalue weighted by Crippen LogP contribution is 2.25. The molecule has 0 radical (unpaired) electrons. The van der Waals surface area contributed by atoms with Gasteiger partial charge in [-0.3, -0.25) is 4.90 Å². The highest BCUT2D eigenvalue weighted by Gasteiger charge is 2.45. The summed E-state index contributed by atoms with van der Waals surface area (Å²) in [6, 6.07) is 6.14. The number of ether oxygens (including phenoxy) is 1. The lowest BCUT2D eigenvalue weighted by molar-refractivity contribution is -0.0205. The number of anilines is 1. The second-order valence-corrected chi connectivity index (χ2v) is 7.44. The molecule has 1 aromatic rings. The van der Waals surface area contributed by atoms with Gasteiger partial charge in [0.1, 0.15) is 12.2 Å². The van der Waals surface area contributed by atoms with Crippen molar-refractivity contribution in [1.29, 1.82) is 0 Å². The van der Waals surface area contributed by atoms with E-state index in [1.807, 2.05) is 30.9 Å². The van der Waals surface area contributed by atoms with E-state index >= 15 is 0 Å². The van der Waals surface area contributed by atoms with Crippen molar-refractivity contribution >= 4 is 23.3 Å². The minimum absolute atomic E-state index is 0.205. The summed E-state index contributed by atoms with van der Waals surface area (Å²) in [6.07, 6.45) is -1.93. The first-order chi connectivity index (χ1) is 12.8. The van der Waals surface area contributed by atoms with Gasteiger partial charge in [0.15, 0.2) is 0 Å². The van der Waals surface area contributed by atoms with Crippen molar-refractivity contribution in [2.45, 2.75) is 24.4 Å². The van der Waals surface area contributed by atoms with Crippen LogP contribution in [0.1, 0.15) is 0 Å². The zero-order valence-corrected chi connectivity index (χ0v) is 16.7. The van der Waals surface area contributed by atoms with Crippen LogP contribution >= 0.6 is 11.6 Å². The highest BCUT2D eigenvalue weighted by atomic mass is 35.5. The summed E-state index contributed by atoms with van der Waals surface area (Å²) in [6.45, 7) is 1.47. The molecule has 27 heavy (non-hydrogen) atoms. The topological polar surface area (TPSA) is 97.3 Å². The first-order valence-corrected chi connectivity index (χ1v) is 9.29. The molecule has 9 heteroatoms. The SMILES string of the molecule is CN(C)CCN(C)[C@@H]1[C@H](O)[C@H](CO)O[C@@H]1CNC(=O)Nc1cccc(Cl)c1. The van der Waals surface area contributed by atoms with Crippen LogP contribution in [0.3, 0.4) is 0 Å². The number of aliphatic hydroxyl groups excluding tert-OH is 2. The van der Waals surface area contributed by atoms with Crippen molar-refractivity contribution in [3.63, 3.8) is 0 Å². The average Bonchev–Trinajstić information content (AvgIpc) is 2.93. The molecule has 1 aliphatic heterocycles. The Labute approximate surface area is 165 Å². The first kappa shape index (κ1) is 21.9. The number of urea groups is 1. The number of rotatable bonds is 8. The molecule has 2 amide bonds. The van der Waals surface area contributed by atoms with E-state index in [1.165, 1.54) is 0 Å². The molecular weight excluding hydrogens is 372 g/mol. The van der Waals surface area contributed by atoms with Gasteiger partial charge < -0.3 is 30.5 Å². The number of nitrogens with one attached hydrogen (secondary N) is 2. The minimum Gasteiger partial charge on any atom is -0.394 e. The molecule has 0 spiro atoms. The minimum atomic E-state index is -0.829. The summed E-state index contributed by atoms with van der Waals surface area (Å²) in [4.78, 5) is 16.2. The fourth-order valence-corrected chi connectivity index (χ4v) is 3.32. The maximum absolute atomic E-state index is 12.2. The molecule has 1 heterocycles. The second-order valence-electron chi connectivity index (χ2n) is 7.01. The molecule has 0 unspecified atom stereocenters. The van der Waals surface area contributed by atoms with Gasteiger partial charge in [-0.25, -0.2) is 4.79 Å². The third kappa shape index (κ3) is 6.31. The Kier molecular flexibility index (Phi) is 8.28. The van der Waals surface area contributed by atoms with Gasteiger partial charge in [-0.2, -0.15) is 0 Å². The van der Waals surface area contributed by atoms with Gasteiger partial charge in [-0.1, -0.05) is 17.7 Å². The van der Waals surface area contributed by atoms with E-state index in [0.29, 0.717) is 10.7 Å². The number of carbonyl (C=O) groups excluding carboxylic acids is 1. The van der Waals surface area contributed by atoms with Crippen molar-refractivity contribution in [2.24, 2.45) is 0 Å². The smallest absolute Gasteiger partial charge is 0.319 e. The van der Waals surface area contributed by atoms with E-state index in [9.17, 15) is 15.0 Å². The van der Waals surface area contributed by atoms with E-state index in [1.54, 1.807) is 24.3 Å². The lowest BCUT2D eigenvalue weighted by Gasteiger charge is -2.31. The van der Waals surface area contributed by atoms with Gasteiger partial charge in [0.25, 0.3) is 0 Å². The van der Waals surface area contributed by atoms with Gasteiger partial charge in [0.2, 0.25) is 0 Å². The number of halogens is 1. The van der Waals surface area contributed by atoms with E-state index in [0.717, 1.165) is 13.1 Å². The molecule has 4 N–H and O–H groups in total. The zero-order valence-electron chi connectivity index (χ0n) is 15.9. The molecule has 1 aromatic carbocycles. The lowest BCUT2D eigenvalue weighted by Crippen LogP contribution is -2.51. The maximum Gasteiger partial charge on any atom is 0.319 e. The normalized spacial score (nSPS) is 25.2. The average molecular weight is 401 g/mol. The quantitative estimate of drug-likeness (QED) is 0.505. The van der Waals surface area contributed by atoms with E-state index in [-0.39, 0.29) is 19.2 Å². The summed E-state index contributed by atoms with van der Waals surface area (Å²) in [7, 11) is 5.86. The van der Waals surface area contributed by atoms with Crippen LogP contribution in [0.2, 0.25) is 5.02 Å². The summed E-state index contributed by atoms with van der Waals surface area (Å²) in [5, 5.41) is 25.9. The van der Waals surface area contributed by atoms with Crippen molar-refractivity contribution in [3.05, 3.63) is 29.3 Å². The molecule has 0 aromatic heterocycles. The fraction of sp³-hybridized carbons (Fsp3) is 0.611. The third-order valence-corrected chi connectivity index (χ3v) is 4.83. The van der Waals surface area contributed by atoms with E-state index in [2.05, 4.69) is 10.6 Å². The Hall–Kier alpha value is -1.42. The summed E-state index contributed by atoms with van der Waals surface area (Å²) < 4.78 is 5.76. The van der Waals surface area contributed by atoms with Gasteiger partial charge in [-0.15, -0.1) is 0 Å². The molecule has 8 nitrogen and oxygen atoms in total. The molecule has 1 saturated heterocycles. The van der Waals surface area contributed by atoms with Crippen LogP contribution in [-0.4, -0.2) is 97.8 Å². The standard InChI is InChI=1S/C18H29ClN4O4/c1-22(2)7-8-23(3)16-14(27-15(11-24)17(16)25)10-20-18(26)21-13-6-4-5-12(19)9-13/h4-6,9,14-17,24-25H,7-8,10-11H2,1-3H3,(H2,20,21,26)/t14-,15+,16+,17-/m1/s1. The molecule has 2 rings (SSSR count). The van der Waals surface area contributed by atoms with Gasteiger partial charge >= 0.3 is 6.03 Å². The Morgan fingerprint density at radius 2 is 2.00 bits per heavy atom. The second kappa shape index (κ2) is 10.2. The van der Waals surface area contributed by atoms with Gasteiger partial charge in [-0.05, 0) is 39.3 Å². The van der Waals surface area contributed by atoms with Crippen LogP contribution < -0.4 is 10.6 Å². The molecule has 1 fully saturated rings. The summed E-state index contributed by atoms with van der Waals surface area (Å²) in [5.41, 5.74) is 0.584. The number of hydrogen-bond acceptors (Lipinski definition) is 6. The molecule has 0 aliphatic carbocycles. The van der Waals surface area contributed by atoms with Crippen molar-refractivity contribution < 1.29 is 19.7 Å². The van der Waals surface area contributed by atoms with Crippen LogP contribution in [0.5, 0.6) is 0 Å². The van der Waals surface area contributed by atoms with E-state index < -0.39 is 24.3 Å². The number of amides is 2. The summed E-state index contributed by atoms with van der Waals surface area (Å²) in [5.74, 6) is 0. The predicted molar refractivity (Wildman–Crippen MR) is 105 cm³/mol. The number of aliphatic hydroxyl groups is 2. The fourth-order valence-electron chi connectivity index (χ4n) is 3.13. The van der Waals surface area contributed by atoms with Crippen molar-refractivity contribution in [3.8, 4) is 0 Å².